The molecule has 2 rings (SSSR count). The molecule has 1 atom stereocenters. The van der Waals surface area contributed by atoms with Crippen LogP contribution in [-0.4, -0.2) is 36.4 Å². The average molecular weight is 383 g/mol. The number of nitrogens with one attached hydrogen (secondary N) is 1. The minimum atomic E-state index is -0.565. The van der Waals surface area contributed by atoms with Crippen molar-refractivity contribution in [3.8, 4) is 5.75 Å². The van der Waals surface area contributed by atoms with Gasteiger partial charge < -0.3 is 15.0 Å². The Labute approximate surface area is 167 Å². The molecular weight excluding hydrogens is 352 g/mol. The zero-order valence-electron chi connectivity index (χ0n) is 17.4. The summed E-state index contributed by atoms with van der Waals surface area (Å²) in [4.78, 5) is 27.2. The Balaban J connectivity index is 2.26. The van der Waals surface area contributed by atoms with Gasteiger partial charge in [-0.15, -0.1) is 0 Å². The first-order valence-corrected chi connectivity index (χ1v) is 9.62. The molecule has 0 aliphatic rings. The number of benzene rings is 2. The Morgan fingerprint density at radius 1 is 1.07 bits per heavy atom. The van der Waals surface area contributed by atoms with Crippen LogP contribution in [0, 0.1) is 13.8 Å². The average Bonchev–Trinajstić information content (AvgIpc) is 2.68. The molecule has 0 radical (unpaired) electrons. The van der Waals surface area contributed by atoms with Crippen LogP contribution in [0.2, 0.25) is 0 Å². The lowest BCUT2D eigenvalue weighted by Gasteiger charge is -2.29. The number of hydrogen-bond acceptors (Lipinski definition) is 3. The van der Waals surface area contributed by atoms with E-state index in [1.54, 1.807) is 18.9 Å². The Bertz CT molecular complexity index is 832. The van der Waals surface area contributed by atoms with Crippen molar-refractivity contribution >= 4 is 11.8 Å². The molecule has 0 aliphatic carbocycles. The first-order valence-electron chi connectivity index (χ1n) is 9.62. The van der Waals surface area contributed by atoms with Crippen molar-refractivity contribution in [2.24, 2.45) is 0 Å². The maximum absolute atomic E-state index is 13.1. The Kier molecular flexibility index (Phi) is 7.61. The van der Waals surface area contributed by atoms with Gasteiger partial charge in [-0.2, -0.15) is 0 Å². The molecule has 0 saturated heterocycles. The lowest BCUT2D eigenvalue weighted by molar-refractivity contribution is -0.140. The zero-order valence-corrected chi connectivity index (χ0v) is 17.4. The van der Waals surface area contributed by atoms with Crippen LogP contribution in [0.4, 0.5) is 0 Å². The van der Waals surface area contributed by atoms with Crippen LogP contribution in [-0.2, 0) is 22.6 Å². The molecular formula is C23H30N2O3. The number of methoxy groups -OCH3 is 1. The Hall–Kier alpha value is -2.82. The molecule has 1 unspecified atom stereocenters. The third-order valence-corrected chi connectivity index (χ3v) is 4.93. The third-order valence-electron chi connectivity index (χ3n) is 4.93. The summed E-state index contributed by atoms with van der Waals surface area (Å²) in [6.07, 6.45) is 0.259. The number of hydrogen-bond donors (Lipinski definition) is 1. The highest BCUT2D eigenvalue weighted by atomic mass is 16.5. The molecule has 2 aromatic rings. The van der Waals surface area contributed by atoms with E-state index in [9.17, 15) is 9.59 Å². The minimum absolute atomic E-state index is 0.0789. The number of nitrogens with zero attached hydrogens (tertiary/aromatic N) is 1. The van der Waals surface area contributed by atoms with Crippen LogP contribution in [0.1, 0.15) is 36.1 Å². The fourth-order valence-electron chi connectivity index (χ4n) is 3.06. The van der Waals surface area contributed by atoms with Gasteiger partial charge in [0.25, 0.3) is 0 Å². The molecule has 0 heterocycles. The largest absolute Gasteiger partial charge is 0.497 e. The molecule has 0 spiro atoms. The monoisotopic (exact) mass is 382 g/mol. The summed E-state index contributed by atoms with van der Waals surface area (Å²) in [7, 11) is 1.61. The predicted octanol–water partition coefficient (Wildman–Crippen LogP) is 3.41. The van der Waals surface area contributed by atoms with Gasteiger partial charge in [0, 0.05) is 13.1 Å². The fraction of sp³-hybridized carbons (Fsp3) is 0.391. The molecule has 0 fully saturated rings. The van der Waals surface area contributed by atoms with Crippen molar-refractivity contribution < 1.29 is 14.3 Å². The van der Waals surface area contributed by atoms with Crippen LogP contribution in [0.15, 0.2) is 42.5 Å². The third kappa shape index (κ3) is 5.59. The van der Waals surface area contributed by atoms with Crippen LogP contribution >= 0.6 is 0 Å². The predicted molar refractivity (Wildman–Crippen MR) is 111 cm³/mol. The fourth-order valence-corrected chi connectivity index (χ4v) is 3.06. The van der Waals surface area contributed by atoms with Gasteiger partial charge in [-0.05, 0) is 62.1 Å². The number of rotatable bonds is 8. The molecule has 150 valence electrons. The molecule has 2 aromatic carbocycles. The van der Waals surface area contributed by atoms with Crippen LogP contribution < -0.4 is 10.1 Å². The van der Waals surface area contributed by atoms with E-state index in [0.29, 0.717) is 13.1 Å². The number of aryl methyl sites for hydroxylation is 2. The first kappa shape index (κ1) is 21.5. The van der Waals surface area contributed by atoms with Crippen molar-refractivity contribution in [3.63, 3.8) is 0 Å². The summed E-state index contributed by atoms with van der Waals surface area (Å²) >= 11 is 0. The molecule has 0 saturated carbocycles. The SMILES string of the molecule is CCNC(=O)C(C)N(Cc1cccc(OC)c1)C(=O)Cc1ccc(C)c(C)c1. The van der Waals surface area contributed by atoms with Gasteiger partial charge in [-0.25, -0.2) is 0 Å². The summed E-state index contributed by atoms with van der Waals surface area (Å²) < 4.78 is 5.28. The van der Waals surface area contributed by atoms with Crippen molar-refractivity contribution in [1.29, 1.82) is 0 Å². The Morgan fingerprint density at radius 3 is 2.46 bits per heavy atom. The number of carbonyl (C=O) groups excluding carboxylic acids is 2. The van der Waals surface area contributed by atoms with E-state index in [4.69, 9.17) is 4.74 Å². The second-order valence-corrected chi connectivity index (χ2v) is 7.04. The maximum Gasteiger partial charge on any atom is 0.242 e. The molecule has 2 amide bonds. The lowest BCUT2D eigenvalue weighted by atomic mass is 10.0. The Morgan fingerprint density at radius 2 is 1.82 bits per heavy atom. The summed E-state index contributed by atoms with van der Waals surface area (Å²) in [5.41, 5.74) is 4.22. The molecule has 5 nitrogen and oxygen atoms in total. The second kappa shape index (κ2) is 9.93. The number of ether oxygens (including phenoxy) is 1. The van der Waals surface area contributed by atoms with E-state index in [-0.39, 0.29) is 18.2 Å². The van der Waals surface area contributed by atoms with E-state index in [0.717, 1.165) is 22.4 Å². The van der Waals surface area contributed by atoms with E-state index in [1.165, 1.54) is 5.56 Å². The minimum Gasteiger partial charge on any atom is -0.497 e. The van der Waals surface area contributed by atoms with E-state index < -0.39 is 6.04 Å². The summed E-state index contributed by atoms with van der Waals surface area (Å²) in [6.45, 7) is 8.60. The summed E-state index contributed by atoms with van der Waals surface area (Å²) in [5.74, 6) is 0.494. The topological polar surface area (TPSA) is 58.6 Å². The summed E-state index contributed by atoms with van der Waals surface area (Å²) in [6, 6.07) is 13.0. The van der Waals surface area contributed by atoms with Crippen molar-refractivity contribution in [2.75, 3.05) is 13.7 Å². The van der Waals surface area contributed by atoms with Gasteiger partial charge in [-0.1, -0.05) is 30.3 Å². The van der Waals surface area contributed by atoms with Gasteiger partial charge in [0.2, 0.25) is 11.8 Å². The van der Waals surface area contributed by atoms with E-state index >= 15 is 0 Å². The van der Waals surface area contributed by atoms with Crippen LogP contribution in [0.3, 0.4) is 0 Å². The highest BCUT2D eigenvalue weighted by Crippen LogP contribution is 2.18. The zero-order chi connectivity index (χ0) is 20.7. The molecule has 1 N–H and O–H groups in total. The first-order chi connectivity index (χ1) is 13.3. The van der Waals surface area contributed by atoms with Gasteiger partial charge in [-0.3, -0.25) is 9.59 Å². The van der Waals surface area contributed by atoms with Gasteiger partial charge in [0.15, 0.2) is 0 Å². The number of likely N-dealkylation sites (N-methyl/N-ethyl adjacent to an activating group) is 1. The van der Waals surface area contributed by atoms with Crippen molar-refractivity contribution in [2.45, 2.75) is 46.7 Å². The molecule has 0 aromatic heterocycles. The molecule has 5 heteroatoms. The number of carbonyl (C=O) groups is 2. The van der Waals surface area contributed by atoms with Gasteiger partial charge >= 0.3 is 0 Å². The second-order valence-electron chi connectivity index (χ2n) is 7.04. The van der Waals surface area contributed by atoms with Crippen LogP contribution in [0.25, 0.3) is 0 Å². The normalized spacial score (nSPS) is 11.6. The quantitative estimate of drug-likeness (QED) is 0.761. The smallest absolute Gasteiger partial charge is 0.242 e. The summed E-state index contributed by atoms with van der Waals surface area (Å²) in [5, 5.41) is 2.81. The highest BCUT2D eigenvalue weighted by molar-refractivity contribution is 5.88. The maximum atomic E-state index is 13.1. The van der Waals surface area contributed by atoms with Gasteiger partial charge in [0.1, 0.15) is 11.8 Å². The molecule has 28 heavy (non-hydrogen) atoms. The molecule has 0 aliphatic heterocycles. The lowest BCUT2D eigenvalue weighted by Crippen LogP contribution is -2.48. The number of amides is 2. The van der Waals surface area contributed by atoms with Crippen molar-refractivity contribution in [1.82, 2.24) is 10.2 Å². The van der Waals surface area contributed by atoms with Crippen molar-refractivity contribution in [3.05, 3.63) is 64.7 Å². The van der Waals surface area contributed by atoms with E-state index in [1.807, 2.05) is 63.2 Å². The molecule has 0 bridgehead atoms. The van der Waals surface area contributed by atoms with E-state index in [2.05, 4.69) is 5.32 Å². The van der Waals surface area contributed by atoms with Crippen LogP contribution in [0.5, 0.6) is 5.75 Å². The highest BCUT2D eigenvalue weighted by Gasteiger charge is 2.26. The standard InChI is InChI=1S/C23H30N2O3/c1-6-24-23(27)18(4)25(15-20-8-7-9-21(13-20)28-5)22(26)14-19-11-10-16(2)17(3)12-19/h7-13,18H,6,14-15H2,1-5H3,(H,24,27). The van der Waals surface area contributed by atoms with Gasteiger partial charge in [0.05, 0.1) is 13.5 Å².